The number of halogens is 3. The number of alkyl halides is 3. The van der Waals surface area contributed by atoms with Crippen LogP contribution < -0.4 is 10.6 Å². The Morgan fingerprint density at radius 2 is 1.81 bits per heavy atom. The van der Waals surface area contributed by atoms with Gasteiger partial charge in [-0.1, -0.05) is 36.0 Å². The molecule has 3 aromatic rings. The van der Waals surface area contributed by atoms with Crippen molar-refractivity contribution in [3.05, 3.63) is 71.5 Å². The average molecular weight is 449 g/mol. The second-order valence-electron chi connectivity index (χ2n) is 6.42. The maximum absolute atomic E-state index is 12.8. The molecule has 11 heteroatoms. The van der Waals surface area contributed by atoms with Gasteiger partial charge in [-0.15, -0.1) is 10.2 Å². The summed E-state index contributed by atoms with van der Waals surface area (Å²) in [5, 5.41) is 13.6. The zero-order valence-electron chi connectivity index (χ0n) is 16.3. The molecule has 2 amide bonds. The number of carbonyl (C=O) groups is 2. The highest BCUT2D eigenvalue weighted by Crippen LogP contribution is 2.30. The Hall–Kier alpha value is -3.34. The van der Waals surface area contributed by atoms with Crippen LogP contribution in [0.25, 0.3) is 0 Å². The number of carbonyl (C=O) groups excluding carboxylic acids is 2. The molecular formula is C20H18F3N5O2S. The number of benzene rings is 2. The highest BCUT2D eigenvalue weighted by molar-refractivity contribution is 7.99. The van der Waals surface area contributed by atoms with Gasteiger partial charge in [-0.25, -0.2) is 0 Å². The second-order valence-corrected chi connectivity index (χ2v) is 7.36. The summed E-state index contributed by atoms with van der Waals surface area (Å²) in [6.45, 7) is 0.147. The fraction of sp³-hybridized carbons (Fsp3) is 0.200. The molecule has 1 aromatic heterocycles. The van der Waals surface area contributed by atoms with E-state index in [4.69, 9.17) is 0 Å². The molecule has 0 radical (unpaired) electrons. The van der Waals surface area contributed by atoms with E-state index in [0.29, 0.717) is 16.5 Å². The fourth-order valence-electron chi connectivity index (χ4n) is 2.58. The average Bonchev–Trinajstić information content (AvgIpc) is 3.10. The molecule has 0 saturated heterocycles. The Kier molecular flexibility index (Phi) is 6.95. The number of hydrogen-bond acceptors (Lipinski definition) is 5. The van der Waals surface area contributed by atoms with Crippen LogP contribution in [0.2, 0.25) is 0 Å². The molecule has 162 valence electrons. The Morgan fingerprint density at radius 3 is 2.52 bits per heavy atom. The van der Waals surface area contributed by atoms with Gasteiger partial charge in [-0.05, 0) is 30.3 Å². The van der Waals surface area contributed by atoms with Crippen molar-refractivity contribution in [3.8, 4) is 0 Å². The third kappa shape index (κ3) is 6.07. The van der Waals surface area contributed by atoms with Crippen LogP contribution in [0.15, 0.2) is 59.8 Å². The molecule has 7 nitrogen and oxygen atoms in total. The number of rotatable bonds is 7. The summed E-state index contributed by atoms with van der Waals surface area (Å²) >= 11 is 1.08. The van der Waals surface area contributed by atoms with E-state index in [2.05, 4.69) is 20.8 Å². The van der Waals surface area contributed by atoms with Gasteiger partial charge in [0.15, 0.2) is 11.0 Å². The van der Waals surface area contributed by atoms with Gasteiger partial charge in [0.05, 0.1) is 17.9 Å². The summed E-state index contributed by atoms with van der Waals surface area (Å²) in [4.78, 5) is 24.2. The molecule has 0 bridgehead atoms. The maximum atomic E-state index is 12.8. The van der Waals surface area contributed by atoms with Gasteiger partial charge < -0.3 is 15.2 Å². The SMILES string of the molecule is Cn1c(CNC(=O)c2ccccc2)nnc1SCC(=O)Nc1cccc(C(F)(F)F)c1. The van der Waals surface area contributed by atoms with Gasteiger partial charge in [-0.2, -0.15) is 13.2 Å². The molecular weight excluding hydrogens is 431 g/mol. The normalized spacial score (nSPS) is 11.2. The minimum atomic E-state index is -4.49. The van der Waals surface area contributed by atoms with Crippen molar-refractivity contribution >= 4 is 29.3 Å². The Bertz CT molecular complexity index is 1070. The van der Waals surface area contributed by atoms with Crippen LogP contribution in [0.5, 0.6) is 0 Å². The number of nitrogens with zero attached hydrogens (tertiary/aromatic N) is 3. The van der Waals surface area contributed by atoms with Crippen LogP contribution in [0.4, 0.5) is 18.9 Å². The Labute approximate surface area is 180 Å². The standard InChI is InChI=1S/C20H18F3N5O2S/c1-28-16(11-24-18(30)13-6-3-2-4-7-13)26-27-19(28)31-12-17(29)25-15-9-5-8-14(10-15)20(21,22)23/h2-10H,11-12H2,1H3,(H,24,30)(H,25,29). The van der Waals surface area contributed by atoms with Crippen LogP contribution in [0.3, 0.4) is 0 Å². The number of thioether (sulfide) groups is 1. The lowest BCUT2D eigenvalue weighted by molar-refractivity contribution is -0.137. The van der Waals surface area contributed by atoms with Gasteiger partial charge in [0.2, 0.25) is 5.91 Å². The summed E-state index contributed by atoms with van der Waals surface area (Å²) in [5.74, 6) is -0.312. The molecule has 0 aliphatic rings. The summed E-state index contributed by atoms with van der Waals surface area (Å²) in [5.41, 5.74) is -0.262. The molecule has 0 spiro atoms. The van der Waals surface area contributed by atoms with Crippen LogP contribution in [0, 0.1) is 0 Å². The first-order chi connectivity index (χ1) is 14.7. The molecule has 0 atom stereocenters. The first-order valence-electron chi connectivity index (χ1n) is 9.05. The summed E-state index contributed by atoms with van der Waals surface area (Å²) in [6.07, 6.45) is -4.49. The molecule has 0 aliphatic carbocycles. The van der Waals surface area contributed by atoms with E-state index < -0.39 is 17.6 Å². The van der Waals surface area contributed by atoms with E-state index in [-0.39, 0.29) is 23.9 Å². The molecule has 1 heterocycles. The minimum absolute atomic E-state index is 0.0581. The molecule has 2 aromatic carbocycles. The molecule has 0 aliphatic heterocycles. The van der Waals surface area contributed by atoms with Crippen LogP contribution in [0.1, 0.15) is 21.7 Å². The predicted octanol–water partition coefficient (Wildman–Crippen LogP) is 3.49. The molecule has 3 rings (SSSR count). The first-order valence-corrected chi connectivity index (χ1v) is 10.0. The summed E-state index contributed by atoms with van der Waals surface area (Å²) in [7, 11) is 1.69. The van der Waals surface area contributed by atoms with Crippen LogP contribution >= 0.6 is 11.8 Å². The quantitative estimate of drug-likeness (QED) is 0.539. The molecule has 0 unspecified atom stereocenters. The van der Waals surface area contributed by atoms with Gasteiger partial charge >= 0.3 is 6.18 Å². The van der Waals surface area contributed by atoms with Gasteiger partial charge in [0, 0.05) is 18.3 Å². The van der Waals surface area contributed by atoms with Gasteiger partial charge in [0.1, 0.15) is 0 Å². The van der Waals surface area contributed by atoms with E-state index in [0.717, 1.165) is 23.9 Å². The zero-order valence-corrected chi connectivity index (χ0v) is 17.1. The lowest BCUT2D eigenvalue weighted by Gasteiger charge is -2.10. The van der Waals surface area contributed by atoms with Crippen molar-refractivity contribution in [2.75, 3.05) is 11.1 Å². The van der Waals surface area contributed by atoms with Crippen molar-refractivity contribution in [1.29, 1.82) is 0 Å². The topological polar surface area (TPSA) is 88.9 Å². The number of amides is 2. The van der Waals surface area contributed by atoms with E-state index in [9.17, 15) is 22.8 Å². The van der Waals surface area contributed by atoms with Crippen molar-refractivity contribution in [3.63, 3.8) is 0 Å². The van der Waals surface area contributed by atoms with Gasteiger partial charge in [0.25, 0.3) is 5.91 Å². The van der Waals surface area contributed by atoms with E-state index in [1.54, 1.807) is 35.9 Å². The number of anilines is 1. The lowest BCUT2D eigenvalue weighted by atomic mass is 10.2. The third-order valence-corrected chi connectivity index (χ3v) is 5.19. The Morgan fingerprint density at radius 1 is 1.06 bits per heavy atom. The van der Waals surface area contributed by atoms with Crippen molar-refractivity contribution in [2.45, 2.75) is 17.9 Å². The predicted molar refractivity (Wildman–Crippen MR) is 109 cm³/mol. The monoisotopic (exact) mass is 449 g/mol. The number of aromatic nitrogens is 3. The third-order valence-electron chi connectivity index (χ3n) is 4.17. The first kappa shape index (κ1) is 22.3. The highest BCUT2D eigenvalue weighted by Gasteiger charge is 2.30. The van der Waals surface area contributed by atoms with Gasteiger partial charge in [-0.3, -0.25) is 9.59 Å². The lowest BCUT2D eigenvalue weighted by Crippen LogP contribution is -2.24. The smallest absolute Gasteiger partial charge is 0.345 e. The molecule has 0 fully saturated rings. The zero-order chi connectivity index (χ0) is 22.4. The highest BCUT2D eigenvalue weighted by atomic mass is 32.2. The summed E-state index contributed by atoms with van der Waals surface area (Å²) in [6, 6.07) is 13.1. The minimum Gasteiger partial charge on any atom is -0.345 e. The van der Waals surface area contributed by atoms with E-state index in [1.807, 2.05) is 6.07 Å². The van der Waals surface area contributed by atoms with E-state index >= 15 is 0 Å². The van der Waals surface area contributed by atoms with Crippen LogP contribution in [-0.4, -0.2) is 32.3 Å². The van der Waals surface area contributed by atoms with Crippen molar-refractivity contribution < 1.29 is 22.8 Å². The maximum Gasteiger partial charge on any atom is 0.416 e. The molecule has 0 saturated carbocycles. The van der Waals surface area contributed by atoms with Crippen molar-refractivity contribution in [1.82, 2.24) is 20.1 Å². The van der Waals surface area contributed by atoms with E-state index in [1.165, 1.54) is 12.1 Å². The largest absolute Gasteiger partial charge is 0.416 e. The summed E-state index contributed by atoms with van der Waals surface area (Å²) < 4.78 is 39.9. The van der Waals surface area contributed by atoms with Crippen molar-refractivity contribution in [2.24, 2.45) is 7.05 Å². The van der Waals surface area contributed by atoms with Crippen LogP contribution in [-0.2, 0) is 24.6 Å². The Balaban J connectivity index is 1.53. The molecule has 31 heavy (non-hydrogen) atoms. The number of hydrogen-bond donors (Lipinski definition) is 2. The molecule has 2 N–H and O–H groups in total. The number of nitrogens with one attached hydrogen (secondary N) is 2. The fourth-order valence-corrected chi connectivity index (χ4v) is 3.31. The second kappa shape index (κ2) is 9.65.